The number of carbonyl (C=O) groups is 1. The molecule has 1 aromatic heterocycles. The van der Waals surface area contributed by atoms with E-state index in [1.807, 2.05) is 6.92 Å². The lowest BCUT2D eigenvalue weighted by Crippen LogP contribution is -2.53. The first kappa shape index (κ1) is 21.7. The Morgan fingerprint density at radius 3 is 2.33 bits per heavy atom. The number of piperazine rings is 1. The van der Waals surface area contributed by atoms with E-state index in [1.54, 1.807) is 17.0 Å². The van der Waals surface area contributed by atoms with E-state index in [2.05, 4.69) is 15.2 Å². The van der Waals surface area contributed by atoms with Crippen LogP contribution in [0, 0.1) is 0 Å². The van der Waals surface area contributed by atoms with Crippen LogP contribution in [0.2, 0.25) is 0 Å². The molecule has 30 heavy (non-hydrogen) atoms. The number of nitrogens with zero attached hydrogens (tertiary/aromatic N) is 3. The van der Waals surface area contributed by atoms with Crippen molar-refractivity contribution in [3.8, 4) is 0 Å². The Morgan fingerprint density at radius 2 is 1.77 bits per heavy atom. The fourth-order valence-corrected chi connectivity index (χ4v) is 3.25. The molecule has 9 heteroatoms. The van der Waals surface area contributed by atoms with Crippen LogP contribution in [0.3, 0.4) is 0 Å². The van der Waals surface area contributed by atoms with E-state index in [1.165, 1.54) is 18.4 Å². The van der Waals surface area contributed by atoms with Gasteiger partial charge in [0.25, 0.3) is 5.91 Å². The SMILES string of the molecule is CCNC(=NCCc1ccc(C(F)(F)F)cc1)N1CCN(C(=O)c2ccco2)CC1. The van der Waals surface area contributed by atoms with Gasteiger partial charge in [-0.25, -0.2) is 0 Å². The predicted molar refractivity (Wildman–Crippen MR) is 107 cm³/mol. The van der Waals surface area contributed by atoms with Crippen LogP contribution in [-0.4, -0.2) is 60.9 Å². The molecule has 1 aromatic carbocycles. The first-order valence-corrected chi connectivity index (χ1v) is 9.90. The molecule has 2 heterocycles. The highest BCUT2D eigenvalue weighted by Gasteiger charge is 2.30. The Morgan fingerprint density at radius 1 is 1.10 bits per heavy atom. The smallest absolute Gasteiger partial charge is 0.416 e. The van der Waals surface area contributed by atoms with Crippen LogP contribution in [0.4, 0.5) is 13.2 Å². The number of aliphatic imine (C=N–C) groups is 1. The standard InChI is InChI=1S/C21H25F3N4O2/c1-2-25-20(26-10-9-16-5-7-17(8-6-16)21(22,23)24)28-13-11-27(12-14-28)19(29)18-4-3-15-30-18/h3-8,15H,2,9-14H2,1H3,(H,25,26). The van der Waals surface area contributed by atoms with Gasteiger partial charge < -0.3 is 19.5 Å². The third-order valence-corrected chi connectivity index (χ3v) is 4.88. The number of hydrogen-bond donors (Lipinski definition) is 1. The van der Waals surface area contributed by atoms with Crippen molar-refractivity contribution in [1.29, 1.82) is 0 Å². The minimum absolute atomic E-state index is 0.121. The highest BCUT2D eigenvalue weighted by molar-refractivity contribution is 5.91. The minimum atomic E-state index is -4.32. The Balaban J connectivity index is 1.54. The van der Waals surface area contributed by atoms with E-state index < -0.39 is 11.7 Å². The molecule has 1 aliphatic rings. The Kier molecular flexibility index (Phi) is 7.02. The number of guanidine groups is 1. The van der Waals surface area contributed by atoms with E-state index >= 15 is 0 Å². The maximum Gasteiger partial charge on any atom is 0.416 e. The summed E-state index contributed by atoms with van der Waals surface area (Å²) in [5, 5.41) is 3.24. The lowest BCUT2D eigenvalue weighted by molar-refractivity contribution is -0.137. The maximum atomic E-state index is 12.7. The summed E-state index contributed by atoms with van der Waals surface area (Å²) in [5.41, 5.74) is 0.154. The van der Waals surface area contributed by atoms with Crippen molar-refractivity contribution in [1.82, 2.24) is 15.1 Å². The summed E-state index contributed by atoms with van der Waals surface area (Å²) in [6.07, 6.45) is -2.30. The molecule has 0 bridgehead atoms. The summed E-state index contributed by atoms with van der Waals surface area (Å²) in [6, 6.07) is 8.52. The highest BCUT2D eigenvalue weighted by atomic mass is 19.4. The molecular weight excluding hydrogens is 397 g/mol. The molecule has 1 amide bonds. The van der Waals surface area contributed by atoms with Gasteiger partial charge in [0.1, 0.15) is 0 Å². The van der Waals surface area contributed by atoms with Crippen LogP contribution in [-0.2, 0) is 12.6 Å². The minimum Gasteiger partial charge on any atom is -0.459 e. The van der Waals surface area contributed by atoms with Gasteiger partial charge in [0.2, 0.25) is 0 Å². The van der Waals surface area contributed by atoms with Crippen molar-refractivity contribution >= 4 is 11.9 Å². The number of halogens is 3. The largest absolute Gasteiger partial charge is 0.459 e. The number of alkyl halides is 3. The zero-order valence-corrected chi connectivity index (χ0v) is 16.8. The summed E-state index contributed by atoms with van der Waals surface area (Å²) in [4.78, 5) is 20.8. The highest BCUT2D eigenvalue weighted by Crippen LogP contribution is 2.29. The molecule has 1 fully saturated rings. The Hall–Kier alpha value is -2.97. The fraction of sp³-hybridized carbons (Fsp3) is 0.429. The van der Waals surface area contributed by atoms with Crippen molar-refractivity contribution in [3.63, 3.8) is 0 Å². The Bertz CT molecular complexity index is 840. The molecule has 1 saturated heterocycles. The van der Waals surface area contributed by atoms with Gasteiger partial charge in [0.15, 0.2) is 11.7 Å². The molecule has 0 atom stereocenters. The second-order valence-electron chi connectivity index (χ2n) is 6.94. The second-order valence-corrected chi connectivity index (χ2v) is 6.94. The molecule has 0 saturated carbocycles. The molecule has 0 aliphatic carbocycles. The van der Waals surface area contributed by atoms with Crippen molar-refractivity contribution < 1.29 is 22.4 Å². The predicted octanol–water partition coefficient (Wildman–Crippen LogP) is 3.26. The normalized spacial score (nSPS) is 15.4. The number of nitrogens with one attached hydrogen (secondary N) is 1. The van der Waals surface area contributed by atoms with E-state index in [-0.39, 0.29) is 5.91 Å². The zero-order valence-electron chi connectivity index (χ0n) is 16.8. The first-order valence-electron chi connectivity index (χ1n) is 9.90. The number of benzene rings is 1. The second kappa shape index (κ2) is 9.69. The number of carbonyl (C=O) groups excluding carboxylic acids is 1. The molecular formula is C21H25F3N4O2. The third kappa shape index (κ3) is 5.55. The van der Waals surface area contributed by atoms with Gasteiger partial charge in [-0.05, 0) is 43.2 Å². The molecule has 3 rings (SSSR count). The van der Waals surface area contributed by atoms with Crippen molar-refractivity contribution in [2.45, 2.75) is 19.5 Å². The van der Waals surface area contributed by atoms with Crippen LogP contribution >= 0.6 is 0 Å². The lowest BCUT2D eigenvalue weighted by Gasteiger charge is -2.36. The van der Waals surface area contributed by atoms with Gasteiger partial charge in [-0.2, -0.15) is 13.2 Å². The van der Waals surface area contributed by atoms with Gasteiger partial charge in [-0.1, -0.05) is 12.1 Å². The average molecular weight is 422 g/mol. The summed E-state index contributed by atoms with van der Waals surface area (Å²) >= 11 is 0. The van der Waals surface area contributed by atoms with Crippen molar-refractivity contribution in [2.75, 3.05) is 39.3 Å². The van der Waals surface area contributed by atoms with Crippen LogP contribution in [0.15, 0.2) is 52.1 Å². The monoisotopic (exact) mass is 422 g/mol. The summed E-state index contributed by atoms with van der Waals surface area (Å²) < 4.78 is 43.2. The Labute approximate surface area is 173 Å². The molecule has 0 spiro atoms. The van der Waals surface area contributed by atoms with E-state index in [9.17, 15) is 18.0 Å². The van der Waals surface area contributed by atoms with Crippen molar-refractivity contribution in [2.24, 2.45) is 4.99 Å². The molecule has 6 nitrogen and oxygen atoms in total. The topological polar surface area (TPSA) is 61.1 Å². The number of furan rings is 1. The molecule has 0 unspecified atom stereocenters. The van der Waals surface area contributed by atoms with Gasteiger partial charge in [-0.3, -0.25) is 9.79 Å². The van der Waals surface area contributed by atoms with E-state index in [4.69, 9.17) is 4.42 Å². The molecule has 1 N–H and O–H groups in total. The van der Waals surface area contributed by atoms with Gasteiger partial charge in [0, 0.05) is 39.3 Å². The van der Waals surface area contributed by atoms with Crippen LogP contribution in [0.1, 0.15) is 28.6 Å². The average Bonchev–Trinajstić information content (AvgIpc) is 3.27. The summed E-state index contributed by atoms with van der Waals surface area (Å²) in [5.74, 6) is 0.957. The van der Waals surface area contributed by atoms with Crippen LogP contribution < -0.4 is 5.32 Å². The third-order valence-electron chi connectivity index (χ3n) is 4.88. The molecule has 2 aromatic rings. The van der Waals surface area contributed by atoms with Crippen molar-refractivity contribution in [3.05, 3.63) is 59.5 Å². The fourth-order valence-electron chi connectivity index (χ4n) is 3.25. The quantitative estimate of drug-likeness (QED) is 0.594. The summed E-state index contributed by atoms with van der Waals surface area (Å²) in [6.45, 7) is 5.52. The molecule has 162 valence electrons. The number of amides is 1. The lowest BCUT2D eigenvalue weighted by atomic mass is 10.1. The van der Waals surface area contributed by atoms with Gasteiger partial charge in [0.05, 0.1) is 11.8 Å². The van der Waals surface area contributed by atoms with Crippen LogP contribution in [0.25, 0.3) is 0 Å². The van der Waals surface area contributed by atoms with Gasteiger partial charge in [-0.15, -0.1) is 0 Å². The maximum absolute atomic E-state index is 12.7. The van der Waals surface area contributed by atoms with Gasteiger partial charge >= 0.3 is 6.18 Å². The molecule has 0 radical (unpaired) electrons. The first-order chi connectivity index (χ1) is 14.4. The van der Waals surface area contributed by atoms with E-state index in [0.29, 0.717) is 51.4 Å². The van der Waals surface area contributed by atoms with Crippen LogP contribution in [0.5, 0.6) is 0 Å². The number of rotatable bonds is 5. The molecule has 1 aliphatic heterocycles. The summed E-state index contributed by atoms with van der Waals surface area (Å²) in [7, 11) is 0. The van der Waals surface area contributed by atoms with E-state index in [0.717, 1.165) is 23.7 Å². The zero-order chi connectivity index (χ0) is 21.6. The number of hydrogen-bond acceptors (Lipinski definition) is 3.